The van der Waals surface area contributed by atoms with E-state index < -0.39 is 0 Å². The summed E-state index contributed by atoms with van der Waals surface area (Å²) in [7, 11) is 0. The molecule has 10 aliphatic rings. The molecule has 0 saturated carbocycles. The van der Waals surface area contributed by atoms with Gasteiger partial charge in [-0.15, -0.1) is 0 Å². The van der Waals surface area contributed by atoms with Gasteiger partial charge in [0.15, 0.2) is 0 Å². The van der Waals surface area contributed by atoms with Crippen molar-refractivity contribution >= 4 is 39.6 Å². The highest BCUT2D eigenvalue weighted by Gasteiger charge is 2.54. The third-order valence-corrected chi connectivity index (χ3v) is 17.5. The summed E-state index contributed by atoms with van der Waals surface area (Å²) in [5, 5.41) is 22.9. The average Bonchev–Trinajstić information content (AvgIpc) is 4.00. The maximum atomic E-state index is 11.7. The van der Waals surface area contributed by atoms with Crippen molar-refractivity contribution in [3.8, 4) is 6.07 Å². The van der Waals surface area contributed by atoms with Gasteiger partial charge in [-0.05, 0) is 98.8 Å². The maximum Gasteiger partial charge on any atom is 0.106 e. The molecule has 3 aliphatic heterocycles. The Balaban J connectivity index is 0.980. The van der Waals surface area contributed by atoms with Crippen LogP contribution in [0.5, 0.6) is 0 Å². The topological polar surface area (TPSA) is 64.2 Å². The molecular weight excluding hydrogens is 807 g/mol. The molecule has 0 spiro atoms. The highest BCUT2D eigenvalue weighted by molar-refractivity contribution is 6.13. The van der Waals surface area contributed by atoms with Crippen molar-refractivity contribution in [3.05, 3.63) is 173 Å². The van der Waals surface area contributed by atoms with Crippen LogP contribution in [0.15, 0.2) is 145 Å². The zero-order chi connectivity index (χ0) is 43.6. The summed E-state index contributed by atoms with van der Waals surface area (Å²) < 4.78 is 5.44. The van der Waals surface area contributed by atoms with Crippen molar-refractivity contribution in [3.63, 3.8) is 0 Å². The molecule has 7 aliphatic carbocycles. The molecule has 2 N–H and O–H groups in total. The van der Waals surface area contributed by atoms with Gasteiger partial charge < -0.3 is 14.0 Å². The number of benzene rings is 2. The Morgan fingerprint density at radius 1 is 0.727 bits per heavy atom. The highest BCUT2D eigenvalue weighted by atomic mass is 15.5. The van der Waals surface area contributed by atoms with Gasteiger partial charge in [0.05, 0.1) is 53.1 Å². The van der Waals surface area contributed by atoms with E-state index in [2.05, 4.69) is 194 Å². The molecule has 13 atom stereocenters. The molecule has 2 saturated heterocycles. The van der Waals surface area contributed by atoms with Gasteiger partial charge in [0.2, 0.25) is 0 Å². The number of nitrogens with one attached hydrogen (secondary N) is 2. The van der Waals surface area contributed by atoms with Gasteiger partial charge in [-0.25, -0.2) is 0 Å². The van der Waals surface area contributed by atoms with Gasteiger partial charge in [-0.1, -0.05) is 134 Å². The summed E-state index contributed by atoms with van der Waals surface area (Å²) in [6.45, 7) is 2.30. The lowest BCUT2D eigenvalue weighted by Gasteiger charge is -2.53. The van der Waals surface area contributed by atoms with E-state index in [0.717, 1.165) is 44.9 Å². The van der Waals surface area contributed by atoms with Crippen LogP contribution in [0.25, 0.3) is 34.0 Å². The fourth-order valence-corrected chi connectivity index (χ4v) is 14.8. The van der Waals surface area contributed by atoms with Crippen molar-refractivity contribution < 1.29 is 0 Å². The van der Waals surface area contributed by atoms with Gasteiger partial charge >= 0.3 is 0 Å². The lowest BCUT2D eigenvalue weighted by atomic mass is 9.78. The molecule has 66 heavy (non-hydrogen) atoms. The lowest BCUT2D eigenvalue weighted by molar-refractivity contribution is 0.165. The second-order valence-corrected chi connectivity index (χ2v) is 20.7. The first-order valence-electron chi connectivity index (χ1n) is 25.2. The Kier molecular flexibility index (Phi) is 9.12. The zero-order valence-electron chi connectivity index (χ0n) is 37.8. The summed E-state index contributed by atoms with van der Waals surface area (Å²) >= 11 is 0. The van der Waals surface area contributed by atoms with Crippen LogP contribution < -0.4 is 15.5 Å². The van der Waals surface area contributed by atoms with Crippen molar-refractivity contribution in [2.24, 2.45) is 29.6 Å². The third-order valence-electron chi connectivity index (χ3n) is 17.5. The van der Waals surface area contributed by atoms with Gasteiger partial charge in [0, 0.05) is 64.0 Å². The molecule has 7 heteroatoms. The number of nitriles is 1. The first kappa shape index (κ1) is 39.3. The number of nitrogens with zero attached hydrogens (tertiary/aromatic N) is 5. The predicted molar refractivity (Wildman–Crippen MR) is 268 cm³/mol. The normalized spacial score (nSPS) is 35.5. The molecule has 0 bridgehead atoms. The Bertz CT molecular complexity index is 3040. The van der Waals surface area contributed by atoms with E-state index >= 15 is 0 Å². The van der Waals surface area contributed by atoms with Crippen molar-refractivity contribution in [2.45, 2.75) is 107 Å². The Morgan fingerprint density at radius 2 is 1.58 bits per heavy atom. The molecule has 330 valence electrons. The number of likely N-dealkylation sites (tertiary alicyclic amines) is 1. The quantitative estimate of drug-likeness (QED) is 0.200. The number of allylic oxidation sites excluding steroid dienone is 10. The average molecular weight is 866 g/mol. The molecule has 4 aromatic rings. The predicted octanol–water partition coefficient (Wildman–Crippen LogP) is 11.6. The molecule has 14 rings (SSSR count). The molecule has 7 nitrogen and oxygen atoms in total. The number of hydrogen-bond donors (Lipinski definition) is 2. The van der Waals surface area contributed by atoms with Crippen molar-refractivity contribution in [1.29, 1.82) is 5.26 Å². The summed E-state index contributed by atoms with van der Waals surface area (Å²) in [5.74, 6) is 1.19. The summed E-state index contributed by atoms with van der Waals surface area (Å²) in [4.78, 5) is 5.60. The summed E-state index contributed by atoms with van der Waals surface area (Å²) in [5.41, 5.74) is 12.2. The molecule has 0 amide bonds. The fourth-order valence-electron chi connectivity index (χ4n) is 14.8. The number of fused-ring (bicyclic) bond motifs is 15. The second kappa shape index (κ2) is 15.3. The van der Waals surface area contributed by atoms with Crippen molar-refractivity contribution in [1.82, 2.24) is 24.7 Å². The number of aromatic nitrogens is 2. The van der Waals surface area contributed by atoms with E-state index in [1.807, 2.05) is 0 Å². The molecule has 2 aromatic heterocycles. The first-order chi connectivity index (χ1) is 32.7. The van der Waals surface area contributed by atoms with Gasteiger partial charge in [-0.3, -0.25) is 15.5 Å². The van der Waals surface area contributed by atoms with Crippen LogP contribution in [0.3, 0.4) is 0 Å². The fraction of sp³-hybridized carbons (Fsp3) is 0.373. The first-order valence-corrected chi connectivity index (χ1v) is 25.2. The molecule has 2 aromatic carbocycles. The third kappa shape index (κ3) is 5.65. The van der Waals surface area contributed by atoms with Crippen LogP contribution in [-0.4, -0.2) is 44.6 Å². The Morgan fingerprint density at radius 3 is 2.41 bits per heavy atom. The van der Waals surface area contributed by atoms with Gasteiger partial charge in [0.1, 0.15) is 6.17 Å². The van der Waals surface area contributed by atoms with E-state index in [0.29, 0.717) is 35.8 Å². The minimum Gasteiger partial charge on any atom is -0.336 e. The summed E-state index contributed by atoms with van der Waals surface area (Å²) in [6, 6.07) is 17.8. The van der Waals surface area contributed by atoms with E-state index in [1.54, 1.807) is 0 Å². The largest absolute Gasteiger partial charge is 0.336 e. The van der Waals surface area contributed by atoms with E-state index in [1.165, 1.54) is 67.6 Å². The monoisotopic (exact) mass is 865 g/mol. The van der Waals surface area contributed by atoms with E-state index in [4.69, 9.17) is 0 Å². The lowest BCUT2D eigenvalue weighted by Crippen LogP contribution is -2.72. The molecule has 13 unspecified atom stereocenters. The minimum absolute atomic E-state index is 0.0225. The van der Waals surface area contributed by atoms with Crippen LogP contribution in [0.4, 0.5) is 5.69 Å². The smallest absolute Gasteiger partial charge is 0.106 e. The number of anilines is 1. The van der Waals surface area contributed by atoms with Crippen LogP contribution in [0.2, 0.25) is 0 Å². The van der Waals surface area contributed by atoms with Crippen LogP contribution in [0.1, 0.15) is 91.1 Å². The number of aryl methyl sites for hydroxylation is 1. The molecular formula is C59H59N7. The van der Waals surface area contributed by atoms with Crippen LogP contribution in [-0.2, 0) is 6.42 Å². The second-order valence-electron chi connectivity index (χ2n) is 20.7. The number of hydrogen-bond acceptors (Lipinski definition) is 5. The molecule has 2 fully saturated rings. The Labute approximate surface area is 388 Å². The zero-order valence-corrected chi connectivity index (χ0v) is 37.8. The number of rotatable bonds is 4. The van der Waals surface area contributed by atoms with Gasteiger partial charge in [-0.2, -0.15) is 5.26 Å². The minimum atomic E-state index is -0.319. The standard InChI is InChI=1S/C59H59N7/c1-36-17-15-26-42-43-27-16-30-50-55(43)65(54(36)42)52-34-51(39(35-60)33-46(52)59-62-57(37-18-5-2-6-19-37)61-58(66(50)59)38-20-7-3-8-21-38)64-48-29-14-12-25-45(48)53-49(64)32-31-44-41-24-11-13-28-47(41)63(56(44)53)40-22-9-4-10-23-40/h2,4-7,9-11,13-18,20,22,24,26-33,37-41,44,47,51-52,56-59,61-62H,3,8,12,19,21,23,25,34H2,1H3. The summed E-state index contributed by atoms with van der Waals surface area (Å²) in [6.07, 6.45) is 53.7. The van der Waals surface area contributed by atoms with E-state index in [-0.39, 0.29) is 42.5 Å². The van der Waals surface area contributed by atoms with Crippen molar-refractivity contribution in [2.75, 3.05) is 4.90 Å². The Hall–Kier alpha value is -5.91. The SMILES string of the molecule is Cc1cccc2c3cccc4c3n(c12)C1CC(n2c3c(c5c2C=CC2C6C=CC=CC6N(C6C=CC=CC6)C52)CCC=C3)C(C#N)C=C1C1NC(C2C=CC=CC2)NC(C2C=CCCC2)N41. The molecule has 0 radical (unpaired) electrons. The number of para-hydroxylation sites is 2. The van der Waals surface area contributed by atoms with Gasteiger partial charge in [0.25, 0.3) is 0 Å². The van der Waals surface area contributed by atoms with Crippen LogP contribution in [0, 0.1) is 47.8 Å². The van der Waals surface area contributed by atoms with Crippen LogP contribution >= 0.6 is 0 Å². The highest BCUT2D eigenvalue weighted by Crippen LogP contribution is 2.58. The molecule has 5 heterocycles. The maximum absolute atomic E-state index is 11.7. The van der Waals surface area contributed by atoms with E-state index in [9.17, 15) is 5.26 Å².